The fourth-order valence-electron chi connectivity index (χ4n) is 3.81. The SMILES string of the molecule is COc1ccc(S(=O)(=O)N2CCn3cccc3C2c2ccc(Cl)cc2Cl)cc1C. The molecule has 0 radical (unpaired) electrons. The maximum absolute atomic E-state index is 13.6. The molecule has 0 spiro atoms. The first-order chi connectivity index (χ1) is 13.8. The number of hydrogen-bond acceptors (Lipinski definition) is 3. The molecule has 29 heavy (non-hydrogen) atoms. The van der Waals surface area contributed by atoms with Crippen molar-refractivity contribution < 1.29 is 13.2 Å². The van der Waals surface area contributed by atoms with Gasteiger partial charge in [0.2, 0.25) is 10.0 Å². The third kappa shape index (κ3) is 3.55. The first-order valence-electron chi connectivity index (χ1n) is 9.09. The highest BCUT2D eigenvalue weighted by Gasteiger charge is 2.38. The summed E-state index contributed by atoms with van der Waals surface area (Å²) in [6, 6.07) is 13.4. The molecule has 2 aromatic carbocycles. The van der Waals surface area contributed by atoms with Crippen LogP contribution < -0.4 is 4.74 Å². The number of fused-ring (bicyclic) bond motifs is 1. The monoisotopic (exact) mass is 450 g/mol. The van der Waals surface area contributed by atoms with Gasteiger partial charge in [-0.15, -0.1) is 0 Å². The summed E-state index contributed by atoms with van der Waals surface area (Å²) in [5.41, 5.74) is 2.33. The fraction of sp³-hybridized carbons (Fsp3) is 0.238. The van der Waals surface area contributed by atoms with Crippen LogP contribution in [0.15, 0.2) is 59.6 Å². The van der Waals surface area contributed by atoms with E-state index >= 15 is 0 Å². The number of halogens is 2. The average Bonchev–Trinajstić information content (AvgIpc) is 3.16. The molecule has 0 saturated heterocycles. The lowest BCUT2D eigenvalue weighted by atomic mass is 10.0. The summed E-state index contributed by atoms with van der Waals surface area (Å²) < 4.78 is 36.1. The quantitative estimate of drug-likeness (QED) is 0.567. The molecular formula is C21H20Cl2N2O3S. The van der Waals surface area contributed by atoms with Crippen LogP contribution in [-0.4, -0.2) is 30.9 Å². The number of aromatic nitrogens is 1. The fourth-order valence-corrected chi connectivity index (χ4v) is 5.97. The van der Waals surface area contributed by atoms with Crippen LogP contribution in [0, 0.1) is 6.92 Å². The minimum Gasteiger partial charge on any atom is -0.496 e. The maximum atomic E-state index is 13.6. The molecule has 5 nitrogen and oxygen atoms in total. The Labute approximate surface area is 180 Å². The van der Waals surface area contributed by atoms with E-state index in [1.807, 2.05) is 25.3 Å². The molecule has 3 aromatic rings. The smallest absolute Gasteiger partial charge is 0.244 e. The Kier molecular flexibility index (Phi) is 5.38. The van der Waals surface area contributed by atoms with E-state index in [1.54, 1.807) is 43.5 Å². The lowest BCUT2D eigenvalue weighted by Gasteiger charge is -2.36. The van der Waals surface area contributed by atoms with Crippen molar-refractivity contribution >= 4 is 33.2 Å². The molecule has 1 aliphatic heterocycles. The second-order valence-corrected chi connectivity index (χ2v) is 9.68. The minimum atomic E-state index is -3.78. The summed E-state index contributed by atoms with van der Waals surface area (Å²) in [6.45, 7) is 2.73. The first-order valence-corrected chi connectivity index (χ1v) is 11.3. The maximum Gasteiger partial charge on any atom is 0.244 e. The van der Waals surface area contributed by atoms with E-state index in [4.69, 9.17) is 27.9 Å². The van der Waals surface area contributed by atoms with Gasteiger partial charge in [-0.25, -0.2) is 8.42 Å². The predicted octanol–water partition coefficient (Wildman–Crippen LogP) is 4.91. The Balaban J connectivity index is 1.86. The van der Waals surface area contributed by atoms with Crippen molar-refractivity contribution in [3.63, 3.8) is 0 Å². The Morgan fingerprint density at radius 2 is 1.86 bits per heavy atom. The number of benzene rings is 2. The predicted molar refractivity (Wildman–Crippen MR) is 114 cm³/mol. The molecule has 0 aliphatic carbocycles. The molecule has 1 atom stereocenters. The van der Waals surface area contributed by atoms with Gasteiger partial charge in [-0.1, -0.05) is 29.3 Å². The van der Waals surface area contributed by atoms with Gasteiger partial charge in [0.1, 0.15) is 5.75 Å². The molecule has 0 fully saturated rings. The number of ether oxygens (including phenoxy) is 1. The van der Waals surface area contributed by atoms with E-state index in [9.17, 15) is 8.42 Å². The number of aryl methyl sites for hydroxylation is 1. The molecule has 1 aromatic heterocycles. The number of sulfonamides is 1. The van der Waals surface area contributed by atoms with Crippen LogP contribution >= 0.6 is 23.2 Å². The highest BCUT2D eigenvalue weighted by molar-refractivity contribution is 7.89. The van der Waals surface area contributed by atoms with E-state index in [2.05, 4.69) is 4.57 Å². The van der Waals surface area contributed by atoms with Gasteiger partial charge >= 0.3 is 0 Å². The van der Waals surface area contributed by atoms with Crippen molar-refractivity contribution in [2.75, 3.05) is 13.7 Å². The number of rotatable bonds is 4. The minimum absolute atomic E-state index is 0.228. The van der Waals surface area contributed by atoms with Crippen LogP contribution in [0.25, 0.3) is 0 Å². The molecule has 8 heteroatoms. The first kappa shape index (κ1) is 20.3. The standard InChI is InChI=1S/C21H20Cl2N2O3S/c1-14-12-16(6-8-20(14)28-2)29(26,27)25-11-10-24-9-3-4-19(24)21(25)17-7-5-15(22)13-18(17)23/h3-9,12-13,21H,10-11H2,1-2H3. The Morgan fingerprint density at radius 1 is 1.07 bits per heavy atom. The lowest BCUT2D eigenvalue weighted by Crippen LogP contribution is -2.42. The van der Waals surface area contributed by atoms with Crippen molar-refractivity contribution in [2.24, 2.45) is 0 Å². The van der Waals surface area contributed by atoms with Crippen molar-refractivity contribution in [3.8, 4) is 5.75 Å². The zero-order chi connectivity index (χ0) is 20.8. The topological polar surface area (TPSA) is 51.5 Å². The van der Waals surface area contributed by atoms with Crippen LogP contribution in [0.4, 0.5) is 0 Å². The normalized spacial score (nSPS) is 17.2. The van der Waals surface area contributed by atoms with Crippen LogP contribution in [0.5, 0.6) is 5.75 Å². The van der Waals surface area contributed by atoms with Crippen molar-refractivity contribution in [1.82, 2.24) is 8.87 Å². The van der Waals surface area contributed by atoms with Crippen LogP contribution in [0.1, 0.15) is 22.9 Å². The van der Waals surface area contributed by atoms with Crippen molar-refractivity contribution in [2.45, 2.75) is 24.4 Å². The van der Waals surface area contributed by atoms with Gasteiger partial charge in [0, 0.05) is 35.0 Å². The Bertz CT molecular complexity index is 1170. The molecule has 0 bridgehead atoms. The van der Waals surface area contributed by atoms with E-state index in [0.717, 1.165) is 11.3 Å². The molecule has 0 amide bonds. The highest BCUT2D eigenvalue weighted by Crippen LogP contribution is 2.40. The van der Waals surface area contributed by atoms with Gasteiger partial charge in [0.25, 0.3) is 0 Å². The zero-order valence-corrected chi connectivity index (χ0v) is 18.3. The summed E-state index contributed by atoms with van der Waals surface area (Å²) >= 11 is 12.6. The van der Waals surface area contributed by atoms with Crippen molar-refractivity contribution in [3.05, 3.63) is 81.6 Å². The Morgan fingerprint density at radius 3 is 2.55 bits per heavy atom. The molecule has 1 unspecified atom stereocenters. The molecule has 0 N–H and O–H groups in total. The molecule has 4 rings (SSSR count). The zero-order valence-electron chi connectivity index (χ0n) is 16.0. The third-order valence-corrected chi connectivity index (χ3v) is 7.65. The Hall–Kier alpha value is -1.99. The summed E-state index contributed by atoms with van der Waals surface area (Å²) in [6.07, 6.45) is 1.95. The van der Waals surface area contributed by atoms with Gasteiger partial charge in [0.15, 0.2) is 0 Å². The third-order valence-electron chi connectivity index (χ3n) is 5.22. The molecule has 0 saturated carbocycles. The van der Waals surface area contributed by atoms with E-state index < -0.39 is 16.1 Å². The average molecular weight is 451 g/mol. The summed E-state index contributed by atoms with van der Waals surface area (Å²) in [7, 11) is -2.22. The summed E-state index contributed by atoms with van der Waals surface area (Å²) in [5, 5.41) is 0.938. The van der Waals surface area contributed by atoms with Crippen LogP contribution in [0.2, 0.25) is 10.0 Å². The van der Waals surface area contributed by atoms with Crippen molar-refractivity contribution in [1.29, 1.82) is 0 Å². The van der Waals surface area contributed by atoms with Gasteiger partial charge in [0.05, 0.1) is 18.0 Å². The van der Waals surface area contributed by atoms with Gasteiger partial charge in [-0.2, -0.15) is 4.31 Å². The second-order valence-electron chi connectivity index (χ2n) is 6.94. The number of nitrogens with zero attached hydrogens (tertiary/aromatic N) is 2. The molecule has 152 valence electrons. The number of methoxy groups -OCH3 is 1. The molecule has 1 aliphatic rings. The van der Waals surface area contributed by atoms with Gasteiger partial charge < -0.3 is 9.30 Å². The summed E-state index contributed by atoms with van der Waals surface area (Å²) in [5.74, 6) is 0.647. The molecular weight excluding hydrogens is 431 g/mol. The highest BCUT2D eigenvalue weighted by atomic mass is 35.5. The van der Waals surface area contributed by atoms with E-state index in [1.165, 1.54) is 4.31 Å². The van der Waals surface area contributed by atoms with Crippen LogP contribution in [-0.2, 0) is 16.6 Å². The van der Waals surface area contributed by atoms with Gasteiger partial charge in [-0.05, 0) is 60.5 Å². The van der Waals surface area contributed by atoms with E-state index in [0.29, 0.717) is 34.4 Å². The number of hydrogen-bond donors (Lipinski definition) is 0. The van der Waals surface area contributed by atoms with Gasteiger partial charge in [-0.3, -0.25) is 0 Å². The molecule has 2 heterocycles. The lowest BCUT2D eigenvalue weighted by molar-refractivity contribution is 0.298. The van der Waals surface area contributed by atoms with E-state index in [-0.39, 0.29) is 4.90 Å². The summed E-state index contributed by atoms with van der Waals surface area (Å²) in [4.78, 5) is 0.228. The van der Waals surface area contributed by atoms with Crippen LogP contribution in [0.3, 0.4) is 0 Å². The second kappa shape index (κ2) is 7.69. The largest absolute Gasteiger partial charge is 0.496 e.